The quantitative estimate of drug-likeness (QED) is 0.507. The van der Waals surface area contributed by atoms with E-state index in [1.54, 1.807) is 0 Å². The molecule has 196 valence electrons. The molecule has 0 radical (unpaired) electrons. The van der Waals surface area contributed by atoms with Crippen LogP contribution in [0.15, 0.2) is 6.20 Å². The monoisotopic (exact) mass is 485 g/mol. The van der Waals surface area contributed by atoms with Gasteiger partial charge in [-0.2, -0.15) is 0 Å². The molecule has 6 nitrogen and oxygen atoms in total. The second-order valence-electron chi connectivity index (χ2n) is 14.1. The fourth-order valence-electron chi connectivity index (χ4n) is 10.6. The first kappa shape index (κ1) is 25.4. The molecular weight excluding hydrogens is 438 g/mol. The number of aliphatic hydroxyl groups excluding tert-OH is 2. The van der Waals surface area contributed by atoms with E-state index < -0.39 is 11.7 Å². The van der Waals surface area contributed by atoms with Gasteiger partial charge in [0, 0.05) is 18.2 Å². The zero-order valence-electron chi connectivity index (χ0n) is 22.6. The molecule has 0 bridgehead atoms. The first-order valence-electron chi connectivity index (χ1n) is 13.9. The Labute approximate surface area is 211 Å². The van der Waals surface area contributed by atoms with Crippen molar-refractivity contribution in [2.45, 2.75) is 110 Å². The van der Waals surface area contributed by atoms with Crippen LogP contribution in [0, 0.1) is 39.9 Å². The minimum atomic E-state index is -0.862. The number of nitrogen functional groups attached to an aromatic ring is 1. The van der Waals surface area contributed by atoms with E-state index in [0.29, 0.717) is 30.6 Å². The molecule has 0 aliphatic heterocycles. The van der Waals surface area contributed by atoms with Gasteiger partial charge in [-0.25, -0.2) is 9.97 Å². The SMILES string of the molecule is CC1(C)c2nc(N)ncc2C[C@]2(C)[C@H]3C[C@@H](O)[C@@H]4[C@@H]([C@@](C)(O)CCCO)CC[C@@]4(C)[C@]3(C)CC[C@@H]12. The van der Waals surface area contributed by atoms with Gasteiger partial charge >= 0.3 is 0 Å². The Kier molecular flexibility index (Phi) is 5.72. The lowest BCUT2D eigenvalue weighted by atomic mass is 9.35. The number of aliphatic hydroxyl groups is 3. The number of rotatable bonds is 4. The summed E-state index contributed by atoms with van der Waals surface area (Å²) < 4.78 is 0. The maximum Gasteiger partial charge on any atom is 0.220 e. The van der Waals surface area contributed by atoms with Gasteiger partial charge in [-0.05, 0) is 104 Å². The van der Waals surface area contributed by atoms with Crippen molar-refractivity contribution in [1.29, 1.82) is 0 Å². The Bertz CT molecular complexity index is 995. The molecule has 0 saturated heterocycles. The van der Waals surface area contributed by atoms with Crippen LogP contribution in [0.4, 0.5) is 5.95 Å². The van der Waals surface area contributed by atoms with Crippen LogP contribution in [0.1, 0.15) is 97.7 Å². The molecule has 4 aliphatic carbocycles. The van der Waals surface area contributed by atoms with Gasteiger partial charge in [0.2, 0.25) is 5.95 Å². The van der Waals surface area contributed by atoms with E-state index in [1.165, 1.54) is 5.56 Å². The maximum atomic E-state index is 11.8. The van der Waals surface area contributed by atoms with E-state index in [0.717, 1.165) is 44.2 Å². The summed E-state index contributed by atoms with van der Waals surface area (Å²) >= 11 is 0. The molecule has 0 aromatic carbocycles. The molecule has 1 aromatic heterocycles. The first-order chi connectivity index (χ1) is 16.2. The summed E-state index contributed by atoms with van der Waals surface area (Å²) in [5.74, 6) is 1.36. The molecule has 35 heavy (non-hydrogen) atoms. The van der Waals surface area contributed by atoms with Crippen LogP contribution < -0.4 is 5.73 Å². The van der Waals surface area contributed by atoms with Crippen molar-refractivity contribution in [1.82, 2.24) is 9.97 Å². The molecule has 3 fully saturated rings. The summed E-state index contributed by atoms with van der Waals surface area (Å²) in [5, 5.41) is 32.7. The van der Waals surface area contributed by atoms with Gasteiger partial charge in [-0.1, -0.05) is 34.6 Å². The standard InChI is InChI=1S/C29H47N3O3/c1-25(2)20-9-12-27(4)21(26(20,3)15-17-16-31-24(30)32-23(17)25)14-19(34)22-18(8-11-28(22,27)5)29(6,35)10-7-13-33/h16,18-22,33-35H,7-15H2,1-6H3,(H2,30,31,32)/t18-,19+,20-,21+,22-,26-,27+,28+,29-/m0/s1. The van der Waals surface area contributed by atoms with Crippen molar-refractivity contribution in [2.24, 2.45) is 39.9 Å². The van der Waals surface area contributed by atoms with Gasteiger partial charge in [0.15, 0.2) is 0 Å². The van der Waals surface area contributed by atoms with Crippen LogP contribution in [-0.2, 0) is 11.8 Å². The lowest BCUT2D eigenvalue weighted by molar-refractivity contribution is -0.223. The summed E-state index contributed by atoms with van der Waals surface area (Å²) in [6.45, 7) is 14.1. The first-order valence-corrected chi connectivity index (χ1v) is 13.9. The van der Waals surface area contributed by atoms with Crippen molar-refractivity contribution in [2.75, 3.05) is 12.3 Å². The Morgan fingerprint density at radius 3 is 2.46 bits per heavy atom. The number of fused-ring (bicyclic) bond motifs is 6. The lowest BCUT2D eigenvalue weighted by Gasteiger charge is -2.70. The number of aromatic nitrogens is 2. The second-order valence-corrected chi connectivity index (χ2v) is 14.1. The Balaban J connectivity index is 1.55. The zero-order chi connectivity index (χ0) is 25.6. The normalized spacial score (nSPS) is 45.6. The number of nitrogens with zero attached hydrogens (tertiary/aromatic N) is 2. The highest BCUT2D eigenvalue weighted by atomic mass is 16.3. The smallest absolute Gasteiger partial charge is 0.220 e. The average molecular weight is 486 g/mol. The third-order valence-electron chi connectivity index (χ3n) is 12.2. The summed E-state index contributed by atoms with van der Waals surface area (Å²) in [6, 6.07) is 0. The Hall–Kier alpha value is -1.24. The van der Waals surface area contributed by atoms with Crippen LogP contribution in [0.5, 0.6) is 0 Å². The van der Waals surface area contributed by atoms with Crippen LogP contribution in [0.25, 0.3) is 0 Å². The lowest BCUT2D eigenvalue weighted by Crippen LogP contribution is -2.66. The van der Waals surface area contributed by atoms with E-state index in [9.17, 15) is 15.3 Å². The van der Waals surface area contributed by atoms with Gasteiger partial charge in [0.25, 0.3) is 0 Å². The number of nitrogens with two attached hydrogens (primary N) is 1. The summed E-state index contributed by atoms with van der Waals surface area (Å²) in [6.07, 6.45) is 8.70. The predicted octanol–water partition coefficient (Wildman–Crippen LogP) is 4.25. The van der Waals surface area contributed by atoms with Crippen LogP contribution in [-0.4, -0.2) is 43.6 Å². The van der Waals surface area contributed by atoms with E-state index in [-0.39, 0.29) is 40.1 Å². The predicted molar refractivity (Wildman–Crippen MR) is 137 cm³/mol. The minimum Gasteiger partial charge on any atom is -0.396 e. The molecule has 3 saturated carbocycles. The maximum absolute atomic E-state index is 11.8. The van der Waals surface area contributed by atoms with Crippen molar-refractivity contribution >= 4 is 5.95 Å². The highest BCUT2D eigenvalue weighted by Crippen LogP contribution is 2.75. The zero-order valence-corrected chi connectivity index (χ0v) is 22.6. The number of anilines is 1. The minimum absolute atomic E-state index is 0.0286. The van der Waals surface area contributed by atoms with Gasteiger partial charge < -0.3 is 21.1 Å². The molecule has 0 spiro atoms. The number of hydrogen-bond acceptors (Lipinski definition) is 6. The second kappa shape index (κ2) is 7.88. The van der Waals surface area contributed by atoms with E-state index in [1.807, 2.05) is 13.1 Å². The van der Waals surface area contributed by atoms with E-state index >= 15 is 0 Å². The molecule has 4 aliphatic rings. The van der Waals surface area contributed by atoms with Gasteiger partial charge in [0.05, 0.1) is 17.4 Å². The summed E-state index contributed by atoms with van der Waals surface area (Å²) in [7, 11) is 0. The van der Waals surface area contributed by atoms with Crippen molar-refractivity contribution in [3.05, 3.63) is 17.5 Å². The molecule has 0 unspecified atom stereocenters. The fourth-order valence-corrected chi connectivity index (χ4v) is 10.6. The molecule has 5 N–H and O–H groups in total. The number of hydrogen-bond donors (Lipinski definition) is 4. The summed E-state index contributed by atoms with van der Waals surface area (Å²) in [4.78, 5) is 9.09. The Morgan fingerprint density at radius 2 is 1.77 bits per heavy atom. The highest BCUT2D eigenvalue weighted by molar-refractivity contribution is 5.37. The largest absolute Gasteiger partial charge is 0.396 e. The average Bonchev–Trinajstić information content (AvgIpc) is 3.15. The molecular formula is C29H47N3O3. The molecule has 0 amide bonds. The van der Waals surface area contributed by atoms with Crippen LogP contribution >= 0.6 is 0 Å². The molecule has 1 heterocycles. The topological polar surface area (TPSA) is 112 Å². The summed E-state index contributed by atoms with van der Waals surface area (Å²) in [5.41, 5.74) is 7.47. The molecule has 9 atom stereocenters. The van der Waals surface area contributed by atoms with Gasteiger partial charge in [0.1, 0.15) is 0 Å². The Morgan fingerprint density at radius 1 is 1.09 bits per heavy atom. The van der Waals surface area contributed by atoms with Crippen LogP contribution in [0.2, 0.25) is 0 Å². The van der Waals surface area contributed by atoms with E-state index in [2.05, 4.69) is 39.6 Å². The fraction of sp³-hybridized carbons (Fsp3) is 0.862. The van der Waals surface area contributed by atoms with Crippen molar-refractivity contribution in [3.8, 4) is 0 Å². The third-order valence-corrected chi connectivity index (χ3v) is 12.2. The molecule has 6 heteroatoms. The van der Waals surface area contributed by atoms with Crippen molar-refractivity contribution in [3.63, 3.8) is 0 Å². The van der Waals surface area contributed by atoms with Crippen molar-refractivity contribution < 1.29 is 15.3 Å². The van der Waals surface area contributed by atoms with Crippen LogP contribution in [0.3, 0.4) is 0 Å². The highest BCUT2D eigenvalue weighted by Gasteiger charge is 2.71. The molecule has 5 rings (SSSR count). The van der Waals surface area contributed by atoms with Gasteiger partial charge in [-0.15, -0.1) is 0 Å². The van der Waals surface area contributed by atoms with Gasteiger partial charge in [-0.3, -0.25) is 0 Å². The third kappa shape index (κ3) is 3.31. The van der Waals surface area contributed by atoms with E-state index in [4.69, 9.17) is 10.7 Å². The molecule has 1 aromatic rings.